The Balaban J connectivity index is 1.31. The highest BCUT2D eigenvalue weighted by Crippen LogP contribution is 2.30. The van der Waals surface area contributed by atoms with E-state index < -0.39 is 10.0 Å². The number of aromatic nitrogens is 4. The predicted octanol–water partition coefficient (Wildman–Crippen LogP) is 3.61. The van der Waals surface area contributed by atoms with Gasteiger partial charge in [-0.05, 0) is 49.1 Å². The first kappa shape index (κ1) is 26.6. The van der Waals surface area contributed by atoms with Crippen LogP contribution in [0.4, 0.5) is 5.95 Å². The molecule has 0 amide bonds. The Hall–Kier alpha value is -3.96. The molecule has 3 heterocycles. The largest absolute Gasteiger partial charge is 0.497 e. The Labute approximate surface area is 228 Å². The van der Waals surface area contributed by atoms with Crippen molar-refractivity contribution in [3.8, 4) is 22.9 Å². The Morgan fingerprint density at radius 1 is 1.05 bits per heavy atom. The summed E-state index contributed by atoms with van der Waals surface area (Å²) in [6, 6.07) is 15.9. The standard InChI is InChI=1S/C28H32N6O4S/c1-19-6-5-7-20(2)27(19)25-14-26(31-28(30-25)32-39(35,36)24-15-29-33(3)18-24)38-23-16-34(17-23)13-12-21-8-10-22(37-4)11-9-21/h5-11,14-15,18,23H,12-13,16-17H2,1-4H3,(H,30,31,32). The van der Waals surface area contributed by atoms with Gasteiger partial charge in [0.1, 0.15) is 16.7 Å². The minimum Gasteiger partial charge on any atom is -0.497 e. The number of nitrogens with zero attached hydrogens (tertiary/aromatic N) is 5. The molecule has 1 saturated heterocycles. The highest BCUT2D eigenvalue weighted by atomic mass is 32.2. The maximum Gasteiger partial charge on any atom is 0.267 e. The van der Waals surface area contributed by atoms with Crippen molar-refractivity contribution in [1.29, 1.82) is 0 Å². The molecule has 11 heteroatoms. The molecule has 39 heavy (non-hydrogen) atoms. The van der Waals surface area contributed by atoms with E-state index in [4.69, 9.17) is 9.47 Å². The molecule has 2 aromatic carbocycles. The van der Waals surface area contributed by atoms with Crippen LogP contribution in [0.3, 0.4) is 0 Å². The average molecular weight is 549 g/mol. The Bertz CT molecular complexity index is 1540. The summed E-state index contributed by atoms with van der Waals surface area (Å²) in [7, 11) is -0.607. The highest BCUT2D eigenvalue weighted by Gasteiger charge is 2.29. The van der Waals surface area contributed by atoms with Gasteiger partial charge < -0.3 is 9.47 Å². The lowest BCUT2D eigenvalue weighted by atomic mass is 10.00. The smallest absolute Gasteiger partial charge is 0.267 e. The van der Waals surface area contributed by atoms with Gasteiger partial charge in [-0.25, -0.2) is 18.1 Å². The Morgan fingerprint density at radius 2 is 1.77 bits per heavy atom. The molecule has 0 spiro atoms. The van der Waals surface area contributed by atoms with E-state index in [1.807, 2.05) is 44.2 Å². The van der Waals surface area contributed by atoms with Crippen molar-refractivity contribution in [3.05, 3.63) is 77.6 Å². The topological polar surface area (TPSA) is 111 Å². The highest BCUT2D eigenvalue weighted by molar-refractivity contribution is 7.92. The van der Waals surface area contributed by atoms with E-state index in [1.54, 1.807) is 20.2 Å². The first-order valence-electron chi connectivity index (χ1n) is 12.7. The average Bonchev–Trinajstić information content (AvgIpc) is 3.32. The lowest BCUT2D eigenvalue weighted by Crippen LogP contribution is -2.54. The number of benzene rings is 2. The number of ether oxygens (including phenoxy) is 2. The number of anilines is 1. The third-order valence-electron chi connectivity index (χ3n) is 6.74. The second-order valence-corrected chi connectivity index (χ2v) is 11.4. The summed E-state index contributed by atoms with van der Waals surface area (Å²) in [5.41, 5.74) is 4.80. The third kappa shape index (κ3) is 6.21. The summed E-state index contributed by atoms with van der Waals surface area (Å²) >= 11 is 0. The maximum atomic E-state index is 13.0. The number of hydrogen-bond acceptors (Lipinski definition) is 8. The van der Waals surface area contributed by atoms with E-state index in [1.165, 1.54) is 22.6 Å². The molecule has 0 radical (unpaired) electrons. The second kappa shape index (κ2) is 11.0. The number of nitrogens with one attached hydrogen (secondary N) is 1. The van der Waals surface area contributed by atoms with Crippen LogP contribution in [0.2, 0.25) is 0 Å². The quantitative estimate of drug-likeness (QED) is 0.320. The molecule has 0 atom stereocenters. The van der Waals surface area contributed by atoms with Crippen molar-refractivity contribution in [2.45, 2.75) is 31.3 Å². The van der Waals surface area contributed by atoms with E-state index in [2.05, 4.69) is 36.8 Å². The zero-order chi connectivity index (χ0) is 27.6. The van der Waals surface area contributed by atoms with Gasteiger partial charge in [0.05, 0.1) is 19.0 Å². The monoisotopic (exact) mass is 548 g/mol. The molecule has 0 bridgehead atoms. The molecule has 2 aromatic heterocycles. The molecular weight excluding hydrogens is 516 g/mol. The van der Waals surface area contributed by atoms with Crippen molar-refractivity contribution in [3.63, 3.8) is 0 Å². The summed E-state index contributed by atoms with van der Waals surface area (Å²) in [6.45, 7) is 6.43. The van der Waals surface area contributed by atoms with Crippen LogP contribution in [0.15, 0.2) is 65.8 Å². The lowest BCUT2D eigenvalue weighted by Gasteiger charge is -2.38. The molecule has 0 saturated carbocycles. The van der Waals surface area contributed by atoms with Gasteiger partial charge in [0, 0.05) is 44.5 Å². The number of aryl methyl sites for hydroxylation is 3. The Morgan fingerprint density at radius 3 is 2.41 bits per heavy atom. The summed E-state index contributed by atoms with van der Waals surface area (Å²) < 4.78 is 41.3. The van der Waals surface area contributed by atoms with Crippen LogP contribution >= 0.6 is 0 Å². The molecule has 204 valence electrons. The van der Waals surface area contributed by atoms with Crippen LogP contribution in [-0.4, -0.2) is 65.9 Å². The zero-order valence-electron chi connectivity index (χ0n) is 22.5. The van der Waals surface area contributed by atoms with Crippen molar-refractivity contribution in [1.82, 2.24) is 24.6 Å². The van der Waals surface area contributed by atoms with Crippen LogP contribution < -0.4 is 14.2 Å². The van der Waals surface area contributed by atoms with Gasteiger partial charge in [-0.15, -0.1) is 0 Å². The van der Waals surface area contributed by atoms with Crippen LogP contribution in [0.25, 0.3) is 11.3 Å². The van der Waals surface area contributed by atoms with Crippen LogP contribution in [0, 0.1) is 13.8 Å². The van der Waals surface area contributed by atoms with Crippen LogP contribution in [-0.2, 0) is 23.5 Å². The van der Waals surface area contributed by atoms with E-state index in [9.17, 15) is 8.42 Å². The minimum absolute atomic E-state index is 0.0278. The molecule has 0 aliphatic carbocycles. The molecule has 0 unspecified atom stereocenters. The summed E-state index contributed by atoms with van der Waals surface area (Å²) in [5.74, 6) is 1.12. The third-order valence-corrected chi connectivity index (χ3v) is 8.03. The van der Waals surface area contributed by atoms with Crippen molar-refractivity contribution >= 4 is 16.0 Å². The SMILES string of the molecule is COc1ccc(CCN2CC(Oc3cc(-c4c(C)cccc4C)nc(NS(=O)(=O)c4cnn(C)c4)n3)C2)cc1. The fourth-order valence-corrected chi connectivity index (χ4v) is 5.55. The Kier molecular flexibility index (Phi) is 7.53. The van der Waals surface area contributed by atoms with Crippen molar-refractivity contribution in [2.75, 3.05) is 31.5 Å². The van der Waals surface area contributed by atoms with Crippen LogP contribution in [0.5, 0.6) is 11.6 Å². The maximum absolute atomic E-state index is 13.0. The molecule has 1 N–H and O–H groups in total. The fraction of sp³-hybridized carbons (Fsp3) is 0.321. The molecule has 10 nitrogen and oxygen atoms in total. The van der Waals surface area contributed by atoms with Gasteiger partial charge in [0.2, 0.25) is 11.8 Å². The predicted molar refractivity (Wildman–Crippen MR) is 149 cm³/mol. The van der Waals surface area contributed by atoms with E-state index in [0.717, 1.165) is 48.5 Å². The number of hydrogen-bond donors (Lipinski definition) is 1. The first-order valence-corrected chi connectivity index (χ1v) is 14.2. The minimum atomic E-state index is -3.93. The van der Waals surface area contributed by atoms with Crippen LogP contribution in [0.1, 0.15) is 16.7 Å². The fourth-order valence-electron chi connectivity index (χ4n) is 4.62. The van der Waals surface area contributed by atoms with Gasteiger partial charge in [-0.1, -0.05) is 30.3 Å². The normalized spacial score (nSPS) is 14.2. The molecule has 5 rings (SSSR count). The zero-order valence-corrected chi connectivity index (χ0v) is 23.3. The summed E-state index contributed by atoms with van der Waals surface area (Å²) in [4.78, 5) is 11.3. The van der Waals surface area contributed by atoms with Gasteiger partial charge in [0.25, 0.3) is 10.0 Å². The first-order chi connectivity index (χ1) is 18.7. The van der Waals surface area contributed by atoms with E-state index >= 15 is 0 Å². The number of likely N-dealkylation sites (tertiary alicyclic amines) is 1. The van der Waals surface area contributed by atoms with Crippen molar-refractivity contribution in [2.24, 2.45) is 7.05 Å². The van der Waals surface area contributed by atoms with Gasteiger partial charge >= 0.3 is 0 Å². The van der Waals surface area contributed by atoms with E-state index in [0.29, 0.717) is 11.6 Å². The van der Waals surface area contributed by atoms with Gasteiger partial charge in [-0.3, -0.25) is 9.58 Å². The molecule has 1 aliphatic rings. The molecule has 1 aliphatic heterocycles. The lowest BCUT2D eigenvalue weighted by molar-refractivity contribution is 0.0181. The van der Waals surface area contributed by atoms with E-state index in [-0.39, 0.29) is 16.9 Å². The van der Waals surface area contributed by atoms with Crippen molar-refractivity contribution < 1.29 is 17.9 Å². The summed E-state index contributed by atoms with van der Waals surface area (Å²) in [5, 5.41) is 3.96. The summed E-state index contributed by atoms with van der Waals surface area (Å²) in [6.07, 6.45) is 3.58. The molecular formula is C28H32N6O4S. The van der Waals surface area contributed by atoms with Gasteiger partial charge in [0.15, 0.2) is 0 Å². The van der Waals surface area contributed by atoms with Gasteiger partial charge in [-0.2, -0.15) is 10.1 Å². The number of rotatable bonds is 10. The second-order valence-electron chi connectivity index (χ2n) is 9.73. The molecule has 4 aromatic rings. The number of methoxy groups -OCH3 is 1. The molecule has 1 fully saturated rings. The number of sulfonamides is 1.